The summed E-state index contributed by atoms with van der Waals surface area (Å²) in [6.45, 7) is 9.03. The highest BCUT2D eigenvalue weighted by Gasteiger charge is 2.37. The molecular formula is C24H41O5PS. The highest BCUT2D eigenvalue weighted by atomic mass is 32.2. The Labute approximate surface area is 193 Å². The molecule has 0 aliphatic heterocycles. The van der Waals surface area contributed by atoms with E-state index in [2.05, 4.69) is 32.9 Å². The van der Waals surface area contributed by atoms with Gasteiger partial charge in [0.1, 0.15) is 6.61 Å². The van der Waals surface area contributed by atoms with Crippen molar-refractivity contribution in [2.24, 2.45) is 5.41 Å². The molecule has 0 radical (unpaired) electrons. The highest BCUT2D eigenvalue weighted by Crippen LogP contribution is 2.48. The lowest BCUT2D eigenvalue weighted by atomic mass is 9.80. The van der Waals surface area contributed by atoms with Crippen molar-refractivity contribution in [1.82, 2.24) is 0 Å². The Morgan fingerprint density at radius 2 is 1.65 bits per heavy atom. The zero-order valence-electron chi connectivity index (χ0n) is 19.9. The number of rotatable bonds is 17. The Hall–Kier alpha value is -0.810. The monoisotopic (exact) mass is 472 g/mol. The van der Waals surface area contributed by atoms with Gasteiger partial charge in [0.2, 0.25) is 0 Å². The van der Waals surface area contributed by atoms with Gasteiger partial charge in [0.15, 0.2) is 0 Å². The fraction of sp³-hybridized carbons (Fsp3) is 0.708. The predicted molar refractivity (Wildman–Crippen MR) is 131 cm³/mol. The summed E-state index contributed by atoms with van der Waals surface area (Å²) in [6, 6.07) is 10.2. The van der Waals surface area contributed by atoms with Crippen molar-refractivity contribution in [3.05, 3.63) is 35.9 Å². The number of thioether (sulfide) groups is 1. The van der Waals surface area contributed by atoms with Crippen LogP contribution in [0.5, 0.6) is 0 Å². The second-order valence-electron chi connectivity index (χ2n) is 8.35. The molecule has 0 fully saturated rings. The first-order valence-corrected chi connectivity index (χ1v) is 14.5. The largest absolute Gasteiger partial charge is 0.465 e. The molecule has 1 aromatic carbocycles. The maximum atomic E-state index is 13.0. The molecule has 2 unspecified atom stereocenters. The number of hydrogen-bond acceptors (Lipinski definition) is 6. The first-order valence-electron chi connectivity index (χ1n) is 11.4. The second kappa shape index (κ2) is 15.1. The molecule has 0 saturated heterocycles. The normalized spacial score (nSPS) is 14.7. The molecule has 0 spiro atoms. The van der Waals surface area contributed by atoms with Gasteiger partial charge in [-0.05, 0) is 43.9 Å². The minimum absolute atomic E-state index is 0.0397. The van der Waals surface area contributed by atoms with Crippen LogP contribution in [-0.4, -0.2) is 44.0 Å². The van der Waals surface area contributed by atoms with Gasteiger partial charge in [0.05, 0.1) is 24.8 Å². The Balaban J connectivity index is 2.70. The summed E-state index contributed by atoms with van der Waals surface area (Å²) < 4.78 is 29.8. The third-order valence-electron chi connectivity index (χ3n) is 5.25. The van der Waals surface area contributed by atoms with Gasteiger partial charge >= 0.3 is 13.6 Å². The van der Waals surface area contributed by atoms with Crippen molar-refractivity contribution in [3.63, 3.8) is 0 Å². The van der Waals surface area contributed by atoms with Crippen molar-refractivity contribution < 1.29 is 23.1 Å². The van der Waals surface area contributed by atoms with Crippen molar-refractivity contribution in [2.45, 2.75) is 65.7 Å². The van der Waals surface area contributed by atoms with Gasteiger partial charge in [-0.3, -0.25) is 9.36 Å². The maximum Gasteiger partial charge on any atom is 0.334 e. The number of hydrogen-bond donors (Lipinski definition) is 0. The topological polar surface area (TPSA) is 61.8 Å². The molecule has 178 valence electrons. The molecule has 1 aromatic rings. The van der Waals surface area contributed by atoms with E-state index in [0.29, 0.717) is 25.4 Å². The Morgan fingerprint density at radius 1 is 1.06 bits per heavy atom. The Kier molecular flexibility index (Phi) is 13.8. The van der Waals surface area contributed by atoms with Gasteiger partial charge in [-0.2, -0.15) is 11.8 Å². The van der Waals surface area contributed by atoms with E-state index in [4.69, 9.17) is 13.8 Å². The highest BCUT2D eigenvalue weighted by molar-refractivity contribution is 7.98. The average Bonchev–Trinajstić information content (AvgIpc) is 2.75. The predicted octanol–water partition coefficient (Wildman–Crippen LogP) is 6.92. The molecule has 0 amide bonds. The molecule has 0 aliphatic rings. The number of carbonyl (C=O) groups excluding carboxylic acids is 1. The minimum Gasteiger partial charge on any atom is -0.465 e. The lowest BCUT2D eigenvalue weighted by Crippen LogP contribution is -2.34. The fourth-order valence-corrected chi connectivity index (χ4v) is 5.72. The van der Waals surface area contributed by atoms with Gasteiger partial charge in [0.25, 0.3) is 0 Å². The number of benzene rings is 1. The number of unbranched alkanes of at least 4 members (excludes halogenated alkanes) is 2. The molecule has 2 atom stereocenters. The third-order valence-corrected chi connectivity index (χ3v) is 8.06. The van der Waals surface area contributed by atoms with Crippen LogP contribution >= 0.6 is 19.4 Å². The molecule has 5 nitrogen and oxygen atoms in total. The summed E-state index contributed by atoms with van der Waals surface area (Å²) in [4.78, 5) is 13.0. The van der Waals surface area contributed by atoms with Crippen LogP contribution in [0.2, 0.25) is 0 Å². The molecule has 7 heteroatoms. The number of carbonyl (C=O) groups is 1. The van der Waals surface area contributed by atoms with Crippen molar-refractivity contribution in [1.29, 1.82) is 0 Å². The van der Waals surface area contributed by atoms with Gasteiger partial charge in [0, 0.05) is 5.75 Å². The second-order valence-corrected chi connectivity index (χ2v) is 11.4. The summed E-state index contributed by atoms with van der Waals surface area (Å²) in [6.07, 6.45) is 6.33. The molecule has 0 bridgehead atoms. The van der Waals surface area contributed by atoms with Gasteiger partial charge in [-0.25, -0.2) is 0 Å². The third kappa shape index (κ3) is 10.6. The number of esters is 1. The van der Waals surface area contributed by atoms with Crippen molar-refractivity contribution in [3.8, 4) is 0 Å². The fourth-order valence-electron chi connectivity index (χ4n) is 3.38. The standard InChI is InChI=1S/C24H41O5PS/c1-6-8-15-28-30(26,29-16-9-7-2)18-17-27-23(25)24(4,20-31-5)19-21(3)22-13-11-10-12-14-22/h10-14,21H,6-9,15-20H2,1-5H3. The molecule has 0 aliphatic carbocycles. The van der Waals surface area contributed by atoms with E-state index >= 15 is 0 Å². The quantitative estimate of drug-likeness (QED) is 0.139. The van der Waals surface area contributed by atoms with Crippen molar-refractivity contribution in [2.75, 3.05) is 38.0 Å². The van der Waals surface area contributed by atoms with Crippen LogP contribution < -0.4 is 0 Å². The summed E-state index contributed by atoms with van der Waals surface area (Å²) in [5.41, 5.74) is 0.589. The molecule has 0 saturated carbocycles. The summed E-state index contributed by atoms with van der Waals surface area (Å²) in [5.74, 6) is 0.644. The van der Waals surface area contributed by atoms with Crippen LogP contribution in [0.4, 0.5) is 0 Å². The SMILES string of the molecule is CCCCOP(=O)(CCOC(=O)C(C)(CSC)CC(C)c1ccccc1)OCCCC. The molecule has 0 aromatic heterocycles. The van der Waals surface area contributed by atoms with E-state index < -0.39 is 13.0 Å². The van der Waals surface area contributed by atoms with E-state index in [1.165, 1.54) is 5.56 Å². The molecular weight excluding hydrogens is 431 g/mol. The first kappa shape index (κ1) is 28.2. The van der Waals surface area contributed by atoms with E-state index in [0.717, 1.165) is 25.7 Å². The lowest BCUT2D eigenvalue weighted by molar-refractivity contribution is -0.153. The van der Waals surface area contributed by atoms with Crippen LogP contribution in [0, 0.1) is 5.41 Å². The summed E-state index contributed by atoms with van der Waals surface area (Å²) in [5, 5.41) is 0. The van der Waals surface area contributed by atoms with Gasteiger partial charge in [-0.15, -0.1) is 0 Å². The smallest absolute Gasteiger partial charge is 0.334 e. The van der Waals surface area contributed by atoms with E-state index in [9.17, 15) is 9.36 Å². The van der Waals surface area contributed by atoms with Crippen LogP contribution in [-0.2, 0) is 23.1 Å². The molecule has 0 heterocycles. The van der Waals surface area contributed by atoms with Crippen molar-refractivity contribution >= 4 is 25.3 Å². The van der Waals surface area contributed by atoms with Crippen LogP contribution in [0.1, 0.15) is 71.3 Å². The number of ether oxygens (including phenoxy) is 1. The van der Waals surface area contributed by atoms with E-state index in [1.807, 2.05) is 31.4 Å². The van der Waals surface area contributed by atoms with Crippen LogP contribution in [0.25, 0.3) is 0 Å². The summed E-state index contributed by atoms with van der Waals surface area (Å²) in [7, 11) is -3.26. The lowest BCUT2D eigenvalue weighted by Gasteiger charge is -2.30. The molecule has 0 N–H and O–H groups in total. The van der Waals surface area contributed by atoms with E-state index in [-0.39, 0.29) is 24.7 Å². The Bertz CT molecular complexity index is 655. The molecule has 31 heavy (non-hydrogen) atoms. The molecule has 1 rings (SSSR count). The summed E-state index contributed by atoms with van der Waals surface area (Å²) >= 11 is 1.64. The zero-order valence-corrected chi connectivity index (χ0v) is 21.6. The minimum atomic E-state index is -3.26. The first-order chi connectivity index (χ1) is 14.8. The zero-order chi connectivity index (χ0) is 23.2. The Morgan fingerprint density at radius 3 is 2.16 bits per heavy atom. The van der Waals surface area contributed by atoms with Gasteiger partial charge < -0.3 is 13.8 Å². The van der Waals surface area contributed by atoms with Crippen LogP contribution in [0.15, 0.2) is 30.3 Å². The maximum absolute atomic E-state index is 13.0. The van der Waals surface area contributed by atoms with Crippen LogP contribution in [0.3, 0.4) is 0 Å². The van der Waals surface area contributed by atoms with Gasteiger partial charge in [-0.1, -0.05) is 63.9 Å². The van der Waals surface area contributed by atoms with E-state index in [1.54, 1.807) is 11.8 Å². The average molecular weight is 473 g/mol.